The predicted molar refractivity (Wildman–Crippen MR) is 84.1 cm³/mol. The number of thiazole rings is 1. The van der Waals surface area contributed by atoms with Crippen LogP contribution in [-0.4, -0.2) is 18.4 Å². The highest BCUT2D eigenvalue weighted by Gasteiger charge is 2.19. The van der Waals surface area contributed by atoms with E-state index in [4.69, 9.17) is 17.3 Å². The lowest BCUT2D eigenvalue weighted by Crippen LogP contribution is -2.15. The van der Waals surface area contributed by atoms with Gasteiger partial charge in [-0.15, -0.1) is 0 Å². The Bertz CT molecular complexity index is 924. The molecule has 0 spiro atoms. The number of aromatic nitrogens is 2. The number of halogens is 1. The van der Waals surface area contributed by atoms with Crippen LogP contribution < -0.4 is 10.5 Å². The van der Waals surface area contributed by atoms with E-state index in [0.717, 1.165) is 4.70 Å². The summed E-state index contributed by atoms with van der Waals surface area (Å²) in [5.41, 5.74) is 6.26. The van der Waals surface area contributed by atoms with Crippen molar-refractivity contribution in [1.82, 2.24) is 9.97 Å². The summed E-state index contributed by atoms with van der Waals surface area (Å²) >= 11 is 7.08. The van der Waals surface area contributed by atoms with Gasteiger partial charge in [-0.1, -0.05) is 22.9 Å². The number of fused-ring (bicyclic) bond motifs is 1. The van der Waals surface area contributed by atoms with E-state index >= 15 is 0 Å². The van der Waals surface area contributed by atoms with E-state index in [1.807, 2.05) is 0 Å². The lowest BCUT2D eigenvalue weighted by Gasteiger charge is -2.06. The molecule has 108 valence electrons. The van der Waals surface area contributed by atoms with Gasteiger partial charge in [-0.3, -0.25) is 4.72 Å². The molecule has 6 nitrogen and oxygen atoms in total. The SMILES string of the molecule is Nc1ncccc1S(=O)(=O)Nc1nc2ccc(Cl)cc2s1. The van der Waals surface area contributed by atoms with E-state index in [-0.39, 0.29) is 15.8 Å². The molecule has 0 bridgehead atoms. The maximum atomic E-state index is 12.3. The number of pyridine rings is 1. The van der Waals surface area contributed by atoms with Gasteiger partial charge in [-0.2, -0.15) is 0 Å². The summed E-state index contributed by atoms with van der Waals surface area (Å²) in [6, 6.07) is 8.04. The fraction of sp³-hybridized carbons (Fsp3) is 0. The number of sulfonamides is 1. The van der Waals surface area contributed by atoms with Crippen LogP contribution in [-0.2, 0) is 10.0 Å². The molecule has 2 aromatic heterocycles. The average molecular weight is 341 g/mol. The van der Waals surface area contributed by atoms with Gasteiger partial charge in [0.05, 0.1) is 10.2 Å². The zero-order valence-corrected chi connectivity index (χ0v) is 12.8. The monoisotopic (exact) mass is 340 g/mol. The molecule has 0 fully saturated rings. The van der Waals surface area contributed by atoms with Crippen molar-refractivity contribution in [2.24, 2.45) is 0 Å². The van der Waals surface area contributed by atoms with Crippen molar-refractivity contribution in [3.8, 4) is 0 Å². The first kappa shape index (κ1) is 14.1. The van der Waals surface area contributed by atoms with Crippen LogP contribution in [0.2, 0.25) is 5.02 Å². The molecular weight excluding hydrogens is 332 g/mol. The molecule has 0 aliphatic rings. The molecule has 21 heavy (non-hydrogen) atoms. The van der Waals surface area contributed by atoms with E-state index in [1.165, 1.54) is 29.7 Å². The maximum Gasteiger partial charge on any atom is 0.267 e. The van der Waals surface area contributed by atoms with E-state index in [1.54, 1.807) is 18.2 Å². The highest BCUT2D eigenvalue weighted by atomic mass is 35.5. The largest absolute Gasteiger partial charge is 0.383 e. The number of rotatable bonds is 3. The van der Waals surface area contributed by atoms with Crippen LogP contribution in [0.3, 0.4) is 0 Å². The number of benzene rings is 1. The second-order valence-electron chi connectivity index (χ2n) is 4.12. The lowest BCUT2D eigenvalue weighted by molar-refractivity contribution is 0.601. The minimum absolute atomic E-state index is 0.0610. The first-order valence-corrected chi connectivity index (χ1v) is 8.43. The zero-order chi connectivity index (χ0) is 15.0. The predicted octanol–water partition coefficient (Wildman–Crippen LogP) is 2.73. The maximum absolute atomic E-state index is 12.3. The molecule has 1 aromatic carbocycles. The first-order valence-electron chi connectivity index (χ1n) is 5.75. The number of nitrogens with two attached hydrogens (primary N) is 1. The van der Waals surface area contributed by atoms with Crippen molar-refractivity contribution in [2.75, 3.05) is 10.5 Å². The Labute approximate surface area is 129 Å². The summed E-state index contributed by atoms with van der Waals surface area (Å²) in [4.78, 5) is 7.89. The standard InChI is InChI=1S/C12H9ClN4O2S2/c13-7-3-4-8-9(6-7)20-12(16-8)17-21(18,19)10-2-1-5-15-11(10)14/h1-6H,(H2,14,15)(H,16,17). The lowest BCUT2D eigenvalue weighted by atomic mass is 10.3. The molecule has 3 aromatic rings. The van der Waals surface area contributed by atoms with Gasteiger partial charge < -0.3 is 5.73 Å². The van der Waals surface area contributed by atoms with Crippen LogP contribution in [0.5, 0.6) is 0 Å². The molecule has 0 radical (unpaired) electrons. The molecule has 0 unspecified atom stereocenters. The first-order chi connectivity index (χ1) is 9.95. The van der Waals surface area contributed by atoms with Crippen molar-refractivity contribution >= 4 is 54.1 Å². The van der Waals surface area contributed by atoms with Crippen molar-refractivity contribution in [2.45, 2.75) is 4.90 Å². The van der Waals surface area contributed by atoms with Crippen molar-refractivity contribution in [1.29, 1.82) is 0 Å². The molecule has 0 saturated heterocycles. The van der Waals surface area contributed by atoms with Gasteiger partial charge in [-0.05, 0) is 30.3 Å². The Balaban J connectivity index is 1.99. The third kappa shape index (κ3) is 2.78. The summed E-state index contributed by atoms with van der Waals surface area (Å²) in [6.07, 6.45) is 1.42. The summed E-state index contributed by atoms with van der Waals surface area (Å²) in [5.74, 6) is -0.0610. The molecule has 0 saturated carbocycles. The van der Waals surface area contributed by atoms with E-state index in [0.29, 0.717) is 10.5 Å². The Morgan fingerprint density at radius 1 is 1.29 bits per heavy atom. The number of nitrogens with zero attached hydrogens (tertiary/aromatic N) is 2. The fourth-order valence-electron chi connectivity index (χ4n) is 1.74. The van der Waals surface area contributed by atoms with Gasteiger partial charge in [0.1, 0.15) is 10.7 Å². The minimum atomic E-state index is -3.82. The Morgan fingerprint density at radius 3 is 2.86 bits per heavy atom. The van der Waals surface area contributed by atoms with Crippen LogP contribution >= 0.6 is 22.9 Å². The Kier molecular flexibility index (Phi) is 3.44. The van der Waals surface area contributed by atoms with Crippen molar-refractivity contribution in [3.63, 3.8) is 0 Å². The summed E-state index contributed by atoms with van der Waals surface area (Å²) in [6.45, 7) is 0. The van der Waals surface area contributed by atoms with Crippen LogP contribution in [0.25, 0.3) is 10.2 Å². The highest BCUT2D eigenvalue weighted by Crippen LogP contribution is 2.30. The molecule has 3 N–H and O–H groups in total. The summed E-state index contributed by atoms with van der Waals surface area (Å²) < 4.78 is 27.7. The van der Waals surface area contributed by atoms with Gasteiger partial charge in [0.25, 0.3) is 10.0 Å². The number of hydrogen-bond acceptors (Lipinski definition) is 6. The van der Waals surface area contributed by atoms with Gasteiger partial charge in [0.15, 0.2) is 5.13 Å². The molecule has 2 heterocycles. The Hall–Kier alpha value is -1.90. The quantitative estimate of drug-likeness (QED) is 0.763. The second kappa shape index (κ2) is 5.14. The highest BCUT2D eigenvalue weighted by molar-refractivity contribution is 7.93. The van der Waals surface area contributed by atoms with E-state index in [2.05, 4.69) is 14.7 Å². The fourth-order valence-corrected chi connectivity index (χ4v) is 4.20. The second-order valence-corrected chi connectivity index (χ2v) is 7.24. The number of nitrogen functional groups attached to an aromatic ring is 1. The topological polar surface area (TPSA) is 98.0 Å². The molecule has 0 aliphatic heterocycles. The zero-order valence-electron chi connectivity index (χ0n) is 10.4. The number of anilines is 2. The van der Waals surface area contributed by atoms with Gasteiger partial charge in [-0.25, -0.2) is 18.4 Å². The van der Waals surface area contributed by atoms with Gasteiger partial charge in [0.2, 0.25) is 0 Å². The molecule has 3 rings (SSSR count). The Morgan fingerprint density at radius 2 is 2.10 bits per heavy atom. The van der Waals surface area contributed by atoms with Gasteiger partial charge >= 0.3 is 0 Å². The van der Waals surface area contributed by atoms with Crippen LogP contribution in [0.1, 0.15) is 0 Å². The molecule has 0 atom stereocenters. The minimum Gasteiger partial charge on any atom is -0.383 e. The number of hydrogen-bond donors (Lipinski definition) is 2. The van der Waals surface area contributed by atoms with Crippen LogP contribution in [0.15, 0.2) is 41.4 Å². The molecule has 0 amide bonds. The van der Waals surface area contributed by atoms with Crippen molar-refractivity contribution in [3.05, 3.63) is 41.6 Å². The normalized spacial score (nSPS) is 11.7. The summed E-state index contributed by atoms with van der Waals surface area (Å²) in [7, 11) is -3.82. The van der Waals surface area contributed by atoms with E-state index < -0.39 is 10.0 Å². The van der Waals surface area contributed by atoms with Crippen LogP contribution in [0, 0.1) is 0 Å². The molecule has 0 aliphatic carbocycles. The average Bonchev–Trinajstić information content (AvgIpc) is 2.79. The molecule has 9 heteroatoms. The number of nitrogens with one attached hydrogen (secondary N) is 1. The summed E-state index contributed by atoms with van der Waals surface area (Å²) in [5, 5.41) is 0.813. The van der Waals surface area contributed by atoms with Gasteiger partial charge in [0, 0.05) is 11.2 Å². The molecular formula is C12H9ClN4O2S2. The van der Waals surface area contributed by atoms with E-state index in [9.17, 15) is 8.42 Å². The third-order valence-electron chi connectivity index (χ3n) is 2.66. The smallest absolute Gasteiger partial charge is 0.267 e. The van der Waals surface area contributed by atoms with Crippen molar-refractivity contribution < 1.29 is 8.42 Å². The van der Waals surface area contributed by atoms with Crippen LogP contribution in [0.4, 0.5) is 10.9 Å². The third-order valence-corrected chi connectivity index (χ3v) is 5.35.